The van der Waals surface area contributed by atoms with Crippen molar-refractivity contribution in [1.29, 1.82) is 0 Å². The Kier molecular flexibility index (Phi) is 10.2. The lowest BCUT2D eigenvalue weighted by Crippen LogP contribution is -2.17. The zero-order valence-electron chi connectivity index (χ0n) is 18.5. The van der Waals surface area contributed by atoms with E-state index in [1.54, 1.807) is 42.5 Å². The number of amides is 2. The molecule has 0 aromatic carbocycles. The average molecular weight is 437 g/mol. The molecule has 2 rings (SSSR count). The molecule has 10 heteroatoms. The largest absolute Gasteiger partial charge is 0.273 e. The van der Waals surface area contributed by atoms with E-state index in [9.17, 15) is 9.59 Å². The number of hydrogen-bond acceptors (Lipinski definition) is 8. The molecule has 168 valence electrons. The lowest BCUT2D eigenvalue weighted by molar-refractivity contribution is -0.121. The summed E-state index contributed by atoms with van der Waals surface area (Å²) >= 11 is 0. The Morgan fingerprint density at radius 3 is 1.91 bits per heavy atom. The third kappa shape index (κ3) is 8.82. The smallest absolute Gasteiger partial charge is 0.240 e. The van der Waals surface area contributed by atoms with Crippen LogP contribution in [0.3, 0.4) is 0 Å². The van der Waals surface area contributed by atoms with Crippen LogP contribution in [0, 0.1) is 0 Å². The van der Waals surface area contributed by atoms with Crippen molar-refractivity contribution in [3.8, 4) is 0 Å². The topological polar surface area (TPSA) is 124 Å². The standard InChI is InChI=1S/C22H28N8O2/c1-4-8-21(31)28-23-14-17-10-6-11-19(26-17)16-25-30(3)20-13-7-12-18(27-20)15-24-29-22(32)9-5-2/h6-7,10-16H,4-5,8-9H2,1-3H3,(H,28,31)(H,29,32)/b23-14+,24-15+,25-16+. The maximum absolute atomic E-state index is 11.5. The van der Waals surface area contributed by atoms with Crippen molar-refractivity contribution in [3.05, 3.63) is 53.5 Å². The Labute approximate surface area is 187 Å². The Hall–Kier alpha value is -3.95. The fraction of sp³-hybridized carbons (Fsp3) is 0.318. The van der Waals surface area contributed by atoms with Crippen molar-refractivity contribution >= 4 is 36.3 Å². The molecule has 0 aliphatic carbocycles. The summed E-state index contributed by atoms with van der Waals surface area (Å²) in [6, 6.07) is 10.8. The molecule has 0 saturated heterocycles. The number of aromatic nitrogens is 2. The number of pyridine rings is 2. The second-order valence-corrected chi connectivity index (χ2v) is 6.76. The highest BCUT2D eigenvalue weighted by molar-refractivity contribution is 5.84. The minimum absolute atomic E-state index is 0.133. The van der Waals surface area contributed by atoms with Crippen LogP contribution in [0.25, 0.3) is 0 Å². The van der Waals surface area contributed by atoms with Crippen LogP contribution in [0.5, 0.6) is 0 Å². The summed E-state index contributed by atoms with van der Waals surface area (Å²) in [5.74, 6) is 0.331. The van der Waals surface area contributed by atoms with Gasteiger partial charge in [0.25, 0.3) is 0 Å². The molecule has 0 atom stereocenters. The number of nitrogens with zero attached hydrogens (tertiary/aromatic N) is 6. The molecule has 0 bridgehead atoms. The van der Waals surface area contributed by atoms with Gasteiger partial charge in [-0.15, -0.1) is 0 Å². The van der Waals surface area contributed by atoms with Gasteiger partial charge in [0.05, 0.1) is 35.7 Å². The lowest BCUT2D eigenvalue weighted by Gasteiger charge is -2.11. The highest BCUT2D eigenvalue weighted by atomic mass is 16.2. The van der Waals surface area contributed by atoms with E-state index >= 15 is 0 Å². The number of carbonyl (C=O) groups is 2. The van der Waals surface area contributed by atoms with E-state index in [1.807, 2.05) is 26.0 Å². The van der Waals surface area contributed by atoms with Gasteiger partial charge in [-0.1, -0.05) is 26.0 Å². The van der Waals surface area contributed by atoms with Gasteiger partial charge in [-0.2, -0.15) is 15.3 Å². The number of anilines is 1. The van der Waals surface area contributed by atoms with Gasteiger partial charge in [0, 0.05) is 19.9 Å². The van der Waals surface area contributed by atoms with E-state index in [4.69, 9.17) is 0 Å². The van der Waals surface area contributed by atoms with Crippen LogP contribution < -0.4 is 15.9 Å². The first-order chi connectivity index (χ1) is 15.5. The minimum Gasteiger partial charge on any atom is -0.273 e. The van der Waals surface area contributed by atoms with Crippen LogP contribution in [0.2, 0.25) is 0 Å². The molecule has 0 unspecified atom stereocenters. The van der Waals surface area contributed by atoms with Crippen LogP contribution in [0.4, 0.5) is 5.82 Å². The summed E-state index contributed by atoms with van der Waals surface area (Å²) in [5, 5.41) is 13.8. The average Bonchev–Trinajstić information content (AvgIpc) is 2.78. The highest BCUT2D eigenvalue weighted by Gasteiger charge is 2.02. The van der Waals surface area contributed by atoms with Gasteiger partial charge < -0.3 is 0 Å². The van der Waals surface area contributed by atoms with Crippen LogP contribution in [-0.4, -0.2) is 47.5 Å². The first-order valence-corrected chi connectivity index (χ1v) is 10.4. The van der Waals surface area contributed by atoms with Crippen molar-refractivity contribution in [2.75, 3.05) is 12.1 Å². The Balaban J connectivity index is 1.99. The molecule has 2 heterocycles. The molecule has 0 aliphatic rings. The molecule has 0 spiro atoms. The van der Waals surface area contributed by atoms with Gasteiger partial charge in [-0.3, -0.25) is 14.6 Å². The lowest BCUT2D eigenvalue weighted by atomic mass is 10.3. The molecule has 2 aromatic heterocycles. The van der Waals surface area contributed by atoms with Crippen molar-refractivity contribution in [1.82, 2.24) is 20.8 Å². The molecule has 10 nitrogen and oxygen atoms in total. The minimum atomic E-state index is -0.135. The van der Waals surface area contributed by atoms with E-state index in [0.29, 0.717) is 35.7 Å². The van der Waals surface area contributed by atoms with Crippen LogP contribution in [-0.2, 0) is 9.59 Å². The third-order valence-corrected chi connectivity index (χ3v) is 3.97. The van der Waals surface area contributed by atoms with Crippen LogP contribution >= 0.6 is 0 Å². The highest BCUT2D eigenvalue weighted by Crippen LogP contribution is 2.09. The van der Waals surface area contributed by atoms with E-state index in [1.165, 1.54) is 12.4 Å². The summed E-state index contributed by atoms with van der Waals surface area (Å²) in [6.07, 6.45) is 6.95. The Bertz CT molecular complexity index is 987. The first-order valence-electron chi connectivity index (χ1n) is 10.4. The van der Waals surface area contributed by atoms with E-state index < -0.39 is 0 Å². The maximum Gasteiger partial charge on any atom is 0.240 e. The summed E-state index contributed by atoms with van der Waals surface area (Å²) < 4.78 is 0. The third-order valence-electron chi connectivity index (χ3n) is 3.97. The molecular weight excluding hydrogens is 408 g/mol. The normalized spacial score (nSPS) is 11.3. The first kappa shape index (κ1) is 24.3. The van der Waals surface area contributed by atoms with Crippen LogP contribution in [0.15, 0.2) is 51.7 Å². The summed E-state index contributed by atoms with van der Waals surface area (Å²) in [7, 11) is 1.76. The number of nitrogens with one attached hydrogen (secondary N) is 2. The van der Waals surface area contributed by atoms with E-state index in [0.717, 1.165) is 12.8 Å². The Morgan fingerprint density at radius 1 is 0.844 bits per heavy atom. The SMILES string of the molecule is CCCC(=O)N/N=C/c1cccc(/C=N/N(C)c2cccc(/C=N/NC(=O)CCC)n2)n1. The second-order valence-electron chi connectivity index (χ2n) is 6.76. The quantitative estimate of drug-likeness (QED) is 0.414. The fourth-order valence-corrected chi connectivity index (χ4v) is 2.42. The molecule has 2 aromatic rings. The predicted molar refractivity (Wildman–Crippen MR) is 126 cm³/mol. The van der Waals surface area contributed by atoms with Crippen molar-refractivity contribution in [3.63, 3.8) is 0 Å². The van der Waals surface area contributed by atoms with Gasteiger partial charge in [-0.25, -0.2) is 20.8 Å². The zero-order valence-corrected chi connectivity index (χ0v) is 18.5. The van der Waals surface area contributed by atoms with Crippen molar-refractivity contribution < 1.29 is 9.59 Å². The van der Waals surface area contributed by atoms with E-state index in [-0.39, 0.29) is 11.8 Å². The van der Waals surface area contributed by atoms with E-state index in [2.05, 4.69) is 36.1 Å². The van der Waals surface area contributed by atoms with Crippen molar-refractivity contribution in [2.45, 2.75) is 39.5 Å². The molecule has 2 amide bonds. The maximum atomic E-state index is 11.5. The molecule has 0 aliphatic heterocycles. The molecular formula is C22H28N8O2. The molecule has 0 saturated carbocycles. The molecule has 0 fully saturated rings. The van der Waals surface area contributed by atoms with Gasteiger partial charge in [0.1, 0.15) is 5.82 Å². The van der Waals surface area contributed by atoms with Gasteiger partial charge in [0.15, 0.2) is 0 Å². The number of carbonyl (C=O) groups excluding carboxylic acids is 2. The zero-order chi connectivity index (χ0) is 23.2. The van der Waals surface area contributed by atoms with Crippen LogP contribution in [0.1, 0.15) is 56.6 Å². The molecule has 0 radical (unpaired) electrons. The summed E-state index contributed by atoms with van der Waals surface area (Å²) in [4.78, 5) is 31.8. The number of hydrazone groups is 3. The number of hydrogen-bond donors (Lipinski definition) is 2. The molecule has 2 N–H and O–H groups in total. The van der Waals surface area contributed by atoms with Gasteiger partial charge in [0.2, 0.25) is 11.8 Å². The van der Waals surface area contributed by atoms with Gasteiger partial charge >= 0.3 is 0 Å². The summed E-state index contributed by atoms with van der Waals surface area (Å²) in [5.41, 5.74) is 6.73. The fourth-order valence-electron chi connectivity index (χ4n) is 2.42. The van der Waals surface area contributed by atoms with Crippen molar-refractivity contribution in [2.24, 2.45) is 15.3 Å². The monoisotopic (exact) mass is 436 g/mol. The number of rotatable bonds is 11. The second kappa shape index (κ2) is 13.4. The molecule has 32 heavy (non-hydrogen) atoms. The Morgan fingerprint density at radius 2 is 1.34 bits per heavy atom. The predicted octanol–water partition coefficient (Wildman–Crippen LogP) is 2.45. The summed E-state index contributed by atoms with van der Waals surface area (Å²) in [6.45, 7) is 3.86. The van der Waals surface area contributed by atoms with Gasteiger partial charge in [-0.05, 0) is 37.1 Å².